The molecule has 0 spiro atoms. The minimum Gasteiger partial charge on any atom is -0.349 e. The Bertz CT molecular complexity index is 424. The van der Waals surface area contributed by atoms with Crippen LogP contribution < -0.4 is 5.43 Å². The van der Waals surface area contributed by atoms with E-state index in [2.05, 4.69) is 15.9 Å². The second-order valence-corrected chi connectivity index (χ2v) is 3.37. The van der Waals surface area contributed by atoms with Crippen molar-refractivity contribution in [2.75, 3.05) is 0 Å². The van der Waals surface area contributed by atoms with E-state index < -0.39 is 33.9 Å². The van der Waals surface area contributed by atoms with Gasteiger partial charge in [-0.3, -0.25) is 4.79 Å². The minimum atomic E-state index is -4.89. The van der Waals surface area contributed by atoms with E-state index >= 15 is 0 Å². The first kappa shape index (κ1) is 12.2. The Morgan fingerprint density at radius 3 is 2.27 bits per heavy atom. The smallest absolute Gasteiger partial charge is 0.349 e. The van der Waals surface area contributed by atoms with Crippen LogP contribution in [0.4, 0.5) is 22.0 Å². The van der Waals surface area contributed by atoms with Crippen molar-refractivity contribution in [3.8, 4) is 0 Å². The van der Waals surface area contributed by atoms with Gasteiger partial charge in [0.05, 0.1) is 10.2 Å². The van der Waals surface area contributed by atoms with Crippen LogP contribution in [0.25, 0.3) is 0 Å². The van der Waals surface area contributed by atoms with Gasteiger partial charge in [-0.05, 0) is 15.9 Å². The SMILES string of the molecule is O=c1cc(C(F)F)[nH]c(C(F)(F)F)c1Br. The van der Waals surface area contributed by atoms with Crippen LogP contribution in [-0.4, -0.2) is 4.98 Å². The number of hydrogen-bond acceptors (Lipinski definition) is 1. The Kier molecular flexibility index (Phi) is 3.17. The number of H-pyrrole nitrogens is 1. The molecule has 0 aliphatic rings. The summed E-state index contributed by atoms with van der Waals surface area (Å²) in [6.07, 6.45) is -8.05. The Morgan fingerprint density at radius 2 is 1.87 bits per heavy atom. The molecule has 15 heavy (non-hydrogen) atoms. The zero-order valence-corrected chi connectivity index (χ0v) is 8.42. The molecule has 1 aromatic heterocycles. The summed E-state index contributed by atoms with van der Waals surface area (Å²) in [7, 11) is 0. The Hall–Kier alpha value is -0.920. The summed E-state index contributed by atoms with van der Waals surface area (Å²) in [5, 5.41) is 0. The molecule has 0 aliphatic carbocycles. The van der Waals surface area contributed by atoms with Crippen LogP contribution in [0.2, 0.25) is 0 Å². The summed E-state index contributed by atoms with van der Waals surface area (Å²) in [4.78, 5) is 12.4. The van der Waals surface area contributed by atoms with E-state index in [1.54, 1.807) is 0 Å². The molecular weight excluding hydrogens is 289 g/mol. The highest BCUT2D eigenvalue weighted by Gasteiger charge is 2.36. The third kappa shape index (κ3) is 2.55. The van der Waals surface area contributed by atoms with Crippen molar-refractivity contribution >= 4 is 15.9 Å². The first-order valence-electron chi connectivity index (χ1n) is 3.51. The zero-order chi connectivity index (χ0) is 11.8. The number of hydrogen-bond donors (Lipinski definition) is 1. The largest absolute Gasteiger partial charge is 0.432 e. The molecule has 0 amide bonds. The topological polar surface area (TPSA) is 32.9 Å². The molecule has 0 fully saturated rings. The highest BCUT2D eigenvalue weighted by molar-refractivity contribution is 9.10. The quantitative estimate of drug-likeness (QED) is 0.793. The third-order valence-corrected chi connectivity index (χ3v) is 2.30. The number of aromatic nitrogens is 1. The average Bonchev–Trinajstić information content (AvgIpc) is 2.06. The number of nitrogens with one attached hydrogen (secondary N) is 1. The van der Waals surface area contributed by atoms with Gasteiger partial charge < -0.3 is 4.98 Å². The Morgan fingerprint density at radius 1 is 1.33 bits per heavy atom. The van der Waals surface area contributed by atoms with Crippen molar-refractivity contribution in [2.24, 2.45) is 0 Å². The first-order chi connectivity index (χ1) is 6.73. The summed E-state index contributed by atoms with van der Waals surface area (Å²) in [5.41, 5.74) is -3.71. The lowest BCUT2D eigenvalue weighted by Gasteiger charge is -2.10. The van der Waals surface area contributed by atoms with Crippen LogP contribution in [0.5, 0.6) is 0 Å². The van der Waals surface area contributed by atoms with Gasteiger partial charge in [-0.1, -0.05) is 0 Å². The maximum Gasteiger partial charge on any atom is 0.432 e. The predicted molar refractivity (Wildman–Crippen MR) is 44.7 cm³/mol. The van der Waals surface area contributed by atoms with Gasteiger partial charge in [0.2, 0.25) is 0 Å². The number of pyridine rings is 1. The van der Waals surface area contributed by atoms with Gasteiger partial charge in [0, 0.05) is 6.07 Å². The van der Waals surface area contributed by atoms with Gasteiger partial charge in [-0.25, -0.2) is 8.78 Å². The number of aromatic amines is 1. The van der Waals surface area contributed by atoms with Crippen LogP contribution >= 0.6 is 15.9 Å². The van der Waals surface area contributed by atoms with Crippen molar-refractivity contribution in [3.05, 3.63) is 32.2 Å². The van der Waals surface area contributed by atoms with Crippen LogP contribution in [0.15, 0.2) is 15.3 Å². The first-order valence-corrected chi connectivity index (χ1v) is 4.31. The molecule has 0 unspecified atom stereocenters. The van der Waals surface area contributed by atoms with Gasteiger partial charge in [-0.15, -0.1) is 0 Å². The molecule has 2 nitrogen and oxygen atoms in total. The van der Waals surface area contributed by atoms with E-state index in [1.807, 2.05) is 0 Å². The van der Waals surface area contributed by atoms with Crippen LogP contribution in [0, 0.1) is 0 Å². The standard InChI is InChI=1S/C7H3BrF5NO/c8-4-3(15)1-2(6(9)10)14-5(4)7(11,12)13/h1,6H,(H,14,15). The summed E-state index contributed by atoms with van der Waals surface area (Å²) < 4.78 is 60.1. The van der Waals surface area contributed by atoms with E-state index in [9.17, 15) is 26.7 Å². The third-order valence-electron chi connectivity index (χ3n) is 1.51. The van der Waals surface area contributed by atoms with Gasteiger partial charge in [0.25, 0.3) is 6.43 Å². The van der Waals surface area contributed by atoms with E-state index in [0.717, 1.165) is 0 Å². The lowest BCUT2D eigenvalue weighted by molar-refractivity contribution is -0.142. The van der Waals surface area contributed by atoms with E-state index in [1.165, 1.54) is 4.98 Å². The second kappa shape index (κ2) is 3.92. The monoisotopic (exact) mass is 291 g/mol. The minimum absolute atomic E-state index is 0.421. The molecule has 1 aromatic rings. The number of alkyl halides is 5. The molecule has 0 radical (unpaired) electrons. The predicted octanol–water partition coefficient (Wildman–Crippen LogP) is 3.09. The summed E-state index contributed by atoms with van der Waals surface area (Å²) in [6.45, 7) is 0. The molecule has 1 heterocycles. The van der Waals surface area contributed by atoms with E-state index in [4.69, 9.17) is 0 Å². The maximum absolute atomic E-state index is 12.2. The van der Waals surface area contributed by atoms with Gasteiger partial charge in [-0.2, -0.15) is 13.2 Å². The lowest BCUT2D eigenvalue weighted by atomic mass is 10.3. The van der Waals surface area contributed by atoms with Crippen molar-refractivity contribution in [1.82, 2.24) is 4.98 Å². The van der Waals surface area contributed by atoms with Crippen LogP contribution in [0.1, 0.15) is 17.8 Å². The molecule has 0 aliphatic heterocycles. The fourth-order valence-electron chi connectivity index (χ4n) is 0.876. The van der Waals surface area contributed by atoms with Crippen molar-refractivity contribution < 1.29 is 22.0 Å². The Balaban J connectivity index is 3.46. The van der Waals surface area contributed by atoms with E-state index in [0.29, 0.717) is 6.07 Å². The van der Waals surface area contributed by atoms with Gasteiger partial charge >= 0.3 is 6.18 Å². The molecule has 0 saturated carbocycles. The molecule has 0 aromatic carbocycles. The van der Waals surface area contributed by atoms with Gasteiger partial charge in [0.1, 0.15) is 5.69 Å². The molecule has 84 valence electrons. The molecular formula is C7H3BrF5NO. The van der Waals surface area contributed by atoms with Gasteiger partial charge in [0.15, 0.2) is 5.43 Å². The van der Waals surface area contributed by atoms with Crippen LogP contribution in [0.3, 0.4) is 0 Å². The molecule has 1 rings (SSSR count). The van der Waals surface area contributed by atoms with Crippen molar-refractivity contribution in [2.45, 2.75) is 12.6 Å². The lowest BCUT2D eigenvalue weighted by Crippen LogP contribution is -2.17. The molecule has 0 saturated heterocycles. The molecule has 0 bridgehead atoms. The highest BCUT2D eigenvalue weighted by Crippen LogP contribution is 2.32. The number of rotatable bonds is 1. The zero-order valence-electron chi connectivity index (χ0n) is 6.83. The molecule has 0 atom stereocenters. The number of halogens is 6. The normalized spacial score (nSPS) is 12.2. The fourth-order valence-corrected chi connectivity index (χ4v) is 1.31. The molecule has 1 N–H and O–H groups in total. The Labute approximate surface area is 88.2 Å². The summed E-state index contributed by atoms with van der Waals surface area (Å²) in [6, 6.07) is 0.421. The van der Waals surface area contributed by atoms with E-state index in [-0.39, 0.29) is 0 Å². The summed E-state index contributed by atoms with van der Waals surface area (Å²) >= 11 is 2.39. The maximum atomic E-state index is 12.2. The average molecular weight is 292 g/mol. The van der Waals surface area contributed by atoms with Crippen LogP contribution in [-0.2, 0) is 6.18 Å². The summed E-state index contributed by atoms with van der Waals surface area (Å²) in [5.74, 6) is 0. The van der Waals surface area contributed by atoms with Crippen molar-refractivity contribution in [3.63, 3.8) is 0 Å². The fraction of sp³-hybridized carbons (Fsp3) is 0.286. The second-order valence-electron chi connectivity index (χ2n) is 2.58. The van der Waals surface area contributed by atoms with Crippen molar-refractivity contribution in [1.29, 1.82) is 0 Å². The molecule has 8 heteroatoms. The highest BCUT2D eigenvalue weighted by atomic mass is 79.9.